The first-order valence-corrected chi connectivity index (χ1v) is 10.7. The van der Waals surface area contributed by atoms with Gasteiger partial charge in [-0.15, -0.1) is 0 Å². The smallest absolute Gasteiger partial charge is 0.338 e. The number of ether oxygens (including phenoxy) is 1. The van der Waals surface area contributed by atoms with Gasteiger partial charge < -0.3 is 9.64 Å². The summed E-state index contributed by atoms with van der Waals surface area (Å²) in [5, 5.41) is 0.702. The molecule has 4 rings (SSSR count). The van der Waals surface area contributed by atoms with E-state index in [0.717, 1.165) is 18.8 Å². The Labute approximate surface area is 186 Å². The van der Waals surface area contributed by atoms with Crippen molar-refractivity contribution in [2.75, 3.05) is 42.6 Å². The van der Waals surface area contributed by atoms with E-state index < -0.39 is 12.0 Å². The predicted octanol–water partition coefficient (Wildman–Crippen LogP) is 2.97. The molecule has 2 aromatic rings. The number of rotatable bonds is 5. The van der Waals surface area contributed by atoms with Crippen molar-refractivity contribution < 1.29 is 19.1 Å². The average molecular weight is 442 g/mol. The summed E-state index contributed by atoms with van der Waals surface area (Å²) in [5.74, 6) is -0.864. The third-order valence-corrected chi connectivity index (χ3v) is 5.96. The number of piperazine rings is 1. The van der Waals surface area contributed by atoms with Crippen LogP contribution >= 0.6 is 11.6 Å². The van der Waals surface area contributed by atoms with Gasteiger partial charge in [-0.05, 0) is 55.5 Å². The van der Waals surface area contributed by atoms with Crippen LogP contribution in [0.4, 0.5) is 11.4 Å². The number of anilines is 2. The minimum Gasteiger partial charge on any atom is -0.462 e. The molecule has 0 aliphatic carbocycles. The second-order valence-electron chi connectivity index (χ2n) is 7.55. The zero-order chi connectivity index (χ0) is 22.0. The van der Waals surface area contributed by atoms with Crippen LogP contribution in [0.2, 0.25) is 5.02 Å². The van der Waals surface area contributed by atoms with E-state index in [0.29, 0.717) is 29.4 Å². The van der Waals surface area contributed by atoms with Crippen LogP contribution in [-0.2, 0) is 14.3 Å². The van der Waals surface area contributed by atoms with Crippen molar-refractivity contribution in [1.29, 1.82) is 0 Å². The average Bonchev–Trinajstić information content (AvgIpc) is 3.08. The van der Waals surface area contributed by atoms with Crippen molar-refractivity contribution in [3.05, 3.63) is 59.1 Å². The Kier molecular flexibility index (Phi) is 6.25. The maximum Gasteiger partial charge on any atom is 0.338 e. The van der Waals surface area contributed by atoms with Crippen LogP contribution in [0, 0.1) is 0 Å². The first-order chi connectivity index (χ1) is 15.0. The summed E-state index contributed by atoms with van der Waals surface area (Å²) in [4.78, 5) is 43.1. The van der Waals surface area contributed by atoms with E-state index in [1.165, 1.54) is 4.90 Å². The van der Waals surface area contributed by atoms with Crippen LogP contribution in [0.25, 0.3) is 0 Å². The molecule has 1 atom stereocenters. The fourth-order valence-electron chi connectivity index (χ4n) is 4.08. The van der Waals surface area contributed by atoms with Gasteiger partial charge in [-0.1, -0.05) is 11.6 Å². The molecule has 0 aromatic heterocycles. The number of carbonyl (C=O) groups is 3. The minimum atomic E-state index is -0.454. The standard InChI is InChI=1S/C23H24ClN3O4/c1-2-31-23(30)16-3-7-19(8-4-16)27-21(28)15-20(22(27)29)26-13-11-25(12-14-26)18-9-5-17(24)6-10-18/h3-10,20H,2,11-15H2,1H3. The molecule has 2 aromatic carbocycles. The number of carbonyl (C=O) groups excluding carboxylic acids is 3. The first-order valence-electron chi connectivity index (χ1n) is 10.4. The fourth-order valence-corrected chi connectivity index (χ4v) is 4.20. The molecule has 2 heterocycles. The van der Waals surface area contributed by atoms with Crippen LogP contribution in [0.1, 0.15) is 23.7 Å². The van der Waals surface area contributed by atoms with Gasteiger partial charge in [0, 0.05) is 36.9 Å². The molecule has 8 heteroatoms. The second-order valence-corrected chi connectivity index (χ2v) is 7.99. The molecule has 2 aliphatic heterocycles. The molecule has 31 heavy (non-hydrogen) atoms. The quantitative estimate of drug-likeness (QED) is 0.525. The summed E-state index contributed by atoms with van der Waals surface area (Å²) in [6, 6.07) is 13.6. The van der Waals surface area contributed by atoms with Crippen molar-refractivity contribution in [1.82, 2.24) is 4.90 Å². The molecule has 0 spiro atoms. The minimum absolute atomic E-state index is 0.166. The number of halogens is 1. The topological polar surface area (TPSA) is 70.2 Å². The van der Waals surface area contributed by atoms with E-state index in [1.807, 2.05) is 24.3 Å². The molecule has 0 N–H and O–H groups in total. The van der Waals surface area contributed by atoms with E-state index in [9.17, 15) is 14.4 Å². The SMILES string of the molecule is CCOC(=O)c1ccc(N2C(=O)CC(N3CCN(c4ccc(Cl)cc4)CC3)C2=O)cc1. The molecule has 0 bridgehead atoms. The number of esters is 1. The lowest BCUT2D eigenvalue weighted by atomic mass is 10.1. The summed E-state index contributed by atoms with van der Waals surface area (Å²) in [5.41, 5.74) is 1.96. The maximum atomic E-state index is 13.1. The Balaban J connectivity index is 1.40. The van der Waals surface area contributed by atoms with Gasteiger partial charge in [0.05, 0.1) is 30.3 Å². The van der Waals surface area contributed by atoms with E-state index in [-0.39, 0.29) is 24.8 Å². The first kappa shape index (κ1) is 21.3. The molecule has 0 radical (unpaired) electrons. The summed E-state index contributed by atoms with van der Waals surface area (Å²) >= 11 is 5.97. The monoisotopic (exact) mass is 441 g/mol. The third-order valence-electron chi connectivity index (χ3n) is 5.71. The van der Waals surface area contributed by atoms with Gasteiger partial charge in [-0.25, -0.2) is 9.69 Å². The van der Waals surface area contributed by atoms with Gasteiger partial charge in [0.1, 0.15) is 0 Å². The summed E-state index contributed by atoms with van der Waals surface area (Å²) in [6.07, 6.45) is 0.166. The van der Waals surface area contributed by atoms with Crippen molar-refractivity contribution in [2.24, 2.45) is 0 Å². The summed E-state index contributed by atoms with van der Waals surface area (Å²) in [6.45, 7) is 4.96. The lowest BCUT2D eigenvalue weighted by molar-refractivity contribution is -0.123. The van der Waals surface area contributed by atoms with Crippen molar-refractivity contribution >= 4 is 40.8 Å². The normalized spacial score (nSPS) is 19.7. The van der Waals surface area contributed by atoms with Crippen LogP contribution in [0.5, 0.6) is 0 Å². The Hall–Kier alpha value is -2.90. The Bertz CT molecular complexity index is 969. The van der Waals surface area contributed by atoms with Crippen molar-refractivity contribution in [3.8, 4) is 0 Å². The van der Waals surface area contributed by atoms with Crippen LogP contribution in [-0.4, -0.2) is 61.5 Å². The Morgan fingerprint density at radius 1 is 0.968 bits per heavy atom. The highest BCUT2D eigenvalue weighted by molar-refractivity contribution is 6.30. The lowest BCUT2D eigenvalue weighted by Crippen LogP contribution is -2.52. The van der Waals surface area contributed by atoms with Gasteiger partial charge in [-0.2, -0.15) is 0 Å². The summed E-state index contributed by atoms with van der Waals surface area (Å²) in [7, 11) is 0. The van der Waals surface area contributed by atoms with Crippen LogP contribution in [0.15, 0.2) is 48.5 Å². The van der Waals surface area contributed by atoms with Gasteiger partial charge in [0.15, 0.2) is 0 Å². The van der Waals surface area contributed by atoms with Crippen LogP contribution < -0.4 is 9.80 Å². The molecule has 162 valence electrons. The molecule has 1 unspecified atom stereocenters. The van der Waals surface area contributed by atoms with E-state index in [2.05, 4.69) is 9.80 Å². The van der Waals surface area contributed by atoms with E-state index in [4.69, 9.17) is 16.3 Å². The van der Waals surface area contributed by atoms with Crippen LogP contribution in [0.3, 0.4) is 0 Å². The highest BCUT2D eigenvalue weighted by atomic mass is 35.5. The highest BCUT2D eigenvalue weighted by Gasteiger charge is 2.43. The number of nitrogens with zero attached hydrogens (tertiary/aromatic N) is 3. The second kappa shape index (κ2) is 9.08. The molecular formula is C23H24ClN3O4. The molecular weight excluding hydrogens is 418 g/mol. The number of amides is 2. The molecule has 2 saturated heterocycles. The Morgan fingerprint density at radius 2 is 1.58 bits per heavy atom. The van der Waals surface area contributed by atoms with E-state index in [1.54, 1.807) is 31.2 Å². The zero-order valence-electron chi connectivity index (χ0n) is 17.3. The summed E-state index contributed by atoms with van der Waals surface area (Å²) < 4.78 is 4.97. The fraction of sp³-hybridized carbons (Fsp3) is 0.348. The number of hydrogen-bond donors (Lipinski definition) is 0. The lowest BCUT2D eigenvalue weighted by Gasteiger charge is -2.38. The van der Waals surface area contributed by atoms with Gasteiger partial charge >= 0.3 is 5.97 Å². The van der Waals surface area contributed by atoms with Gasteiger partial charge in [-0.3, -0.25) is 14.5 Å². The largest absolute Gasteiger partial charge is 0.462 e. The maximum absolute atomic E-state index is 13.1. The molecule has 2 aliphatic rings. The van der Waals surface area contributed by atoms with Gasteiger partial charge in [0.2, 0.25) is 5.91 Å². The molecule has 2 fully saturated rings. The molecule has 2 amide bonds. The number of hydrogen-bond acceptors (Lipinski definition) is 6. The third kappa shape index (κ3) is 4.43. The Morgan fingerprint density at radius 3 is 2.19 bits per heavy atom. The predicted molar refractivity (Wildman–Crippen MR) is 119 cm³/mol. The molecule has 0 saturated carbocycles. The van der Waals surface area contributed by atoms with Crippen molar-refractivity contribution in [2.45, 2.75) is 19.4 Å². The number of imide groups is 1. The van der Waals surface area contributed by atoms with Crippen molar-refractivity contribution in [3.63, 3.8) is 0 Å². The van der Waals surface area contributed by atoms with E-state index >= 15 is 0 Å². The number of benzene rings is 2. The van der Waals surface area contributed by atoms with Gasteiger partial charge in [0.25, 0.3) is 5.91 Å². The zero-order valence-corrected chi connectivity index (χ0v) is 18.0. The molecule has 7 nitrogen and oxygen atoms in total. The highest BCUT2D eigenvalue weighted by Crippen LogP contribution is 2.28.